The van der Waals surface area contributed by atoms with E-state index in [-0.39, 0.29) is 36.6 Å². The Morgan fingerprint density at radius 2 is 1.40 bits per heavy atom. The Balaban J connectivity index is 0.00000180. The third-order valence-electron chi connectivity index (χ3n) is 3.53. The summed E-state index contributed by atoms with van der Waals surface area (Å²) in [6, 6.07) is 0. The Morgan fingerprint density at radius 3 is 1.70 bits per heavy atom. The van der Waals surface area contributed by atoms with Crippen LogP contribution in [0.4, 0.5) is 0 Å². The summed E-state index contributed by atoms with van der Waals surface area (Å²) in [4.78, 5) is 29.0. The molecule has 6 nitrogen and oxygen atoms in total. The van der Waals surface area contributed by atoms with Crippen LogP contribution in [0, 0.1) is 0 Å². The van der Waals surface area contributed by atoms with Gasteiger partial charge in [0.25, 0.3) is 0 Å². The fourth-order valence-corrected chi connectivity index (χ4v) is 2.56. The Morgan fingerprint density at radius 1 is 0.950 bits per heavy atom. The van der Waals surface area contributed by atoms with Crippen molar-refractivity contribution in [3.8, 4) is 0 Å². The predicted molar refractivity (Wildman–Crippen MR) is 81.9 cm³/mol. The van der Waals surface area contributed by atoms with Gasteiger partial charge in [0, 0.05) is 39.0 Å². The maximum absolute atomic E-state index is 11.6. The molecular formula is C12H24Cl2N4O2. The average Bonchev–Trinajstić information content (AvgIpc) is 2.90. The van der Waals surface area contributed by atoms with E-state index in [1.807, 2.05) is 9.80 Å². The first kappa shape index (κ1) is 19.4. The van der Waals surface area contributed by atoms with Gasteiger partial charge in [-0.05, 0) is 12.8 Å². The Kier molecular flexibility index (Phi) is 9.13. The highest BCUT2D eigenvalue weighted by atomic mass is 35.5. The molecule has 118 valence electrons. The highest BCUT2D eigenvalue weighted by Crippen LogP contribution is 2.13. The van der Waals surface area contributed by atoms with Crippen LogP contribution < -0.4 is 5.73 Å². The number of amides is 2. The largest absolute Gasteiger partial charge is 0.330 e. The van der Waals surface area contributed by atoms with E-state index in [4.69, 9.17) is 5.73 Å². The second-order valence-corrected chi connectivity index (χ2v) is 4.99. The first-order valence-corrected chi connectivity index (χ1v) is 6.68. The lowest BCUT2D eigenvalue weighted by Crippen LogP contribution is -2.46. The number of halogens is 2. The van der Waals surface area contributed by atoms with Crippen molar-refractivity contribution in [2.24, 2.45) is 5.73 Å². The molecule has 2 rings (SSSR count). The van der Waals surface area contributed by atoms with E-state index in [9.17, 15) is 9.59 Å². The van der Waals surface area contributed by atoms with Crippen LogP contribution in [0.1, 0.15) is 25.7 Å². The second kappa shape index (κ2) is 9.39. The van der Waals surface area contributed by atoms with E-state index in [1.54, 1.807) is 0 Å². The number of hydrogen-bond donors (Lipinski definition) is 1. The molecule has 0 aromatic rings. The minimum Gasteiger partial charge on any atom is -0.330 e. The highest BCUT2D eigenvalue weighted by molar-refractivity contribution is 5.85. The SMILES string of the molecule is Cl.Cl.NCCN(CN1CCCC1=O)CN1CCCC1=O. The van der Waals surface area contributed by atoms with E-state index in [0.29, 0.717) is 39.3 Å². The zero-order valence-electron chi connectivity index (χ0n) is 11.6. The van der Waals surface area contributed by atoms with Crippen LogP contribution in [0.3, 0.4) is 0 Å². The van der Waals surface area contributed by atoms with Gasteiger partial charge in [-0.1, -0.05) is 0 Å². The minimum atomic E-state index is 0. The molecule has 0 aliphatic carbocycles. The lowest BCUT2D eigenvalue weighted by atomic mass is 10.4. The molecule has 2 amide bonds. The molecular weight excluding hydrogens is 303 g/mol. The Labute approximate surface area is 132 Å². The van der Waals surface area contributed by atoms with Crippen molar-refractivity contribution >= 4 is 36.6 Å². The lowest BCUT2D eigenvalue weighted by molar-refractivity contribution is -0.132. The molecule has 0 aromatic carbocycles. The van der Waals surface area contributed by atoms with Gasteiger partial charge in [-0.15, -0.1) is 24.8 Å². The first-order chi connectivity index (χ1) is 8.70. The zero-order valence-corrected chi connectivity index (χ0v) is 13.3. The summed E-state index contributed by atoms with van der Waals surface area (Å²) in [6.45, 7) is 4.11. The van der Waals surface area contributed by atoms with Gasteiger partial charge in [-0.2, -0.15) is 0 Å². The molecule has 0 radical (unpaired) electrons. The number of likely N-dealkylation sites (tertiary alicyclic amines) is 2. The molecule has 2 aliphatic rings. The van der Waals surface area contributed by atoms with Crippen molar-refractivity contribution in [2.75, 3.05) is 39.5 Å². The maximum atomic E-state index is 11.6. The monoisotopic (exact) mass is 326 g/mol. The summed E-state index contributed by atoms with van der Waals surface area (Å²) in [7, 11) is 0. The molecule has 2 N–H and O–H groups in total. The number of hydrogen-bond acceptors (Lipinski definition) is 4. The van der Waals surface area contributed by atoms with Crippen molar-refractivity contribution in [1.29, 1.82) is 0 Å². The summed E-state index contributed by atoms with van der Waals surface area (Å²) in [5, 5.41) is 0. The van der Waals surface area contributed by atoms with Crippen molar-refractivity contribution in [3.63, 3.8) is 0 Å². The van der Waals surface area contributed by atoms with Gasteiger partial charge >= 0.3 is 0 Å². The molecule has 2 saturated heterocycles. The fourth-order valence-electron chi connectivity index (χ4n) is 2.56. The zero-order chi connectivity index (χ0) is 13.0. The van der Waals surface area contributed by atoms with Crippen molar-refractivity contribution in [3.05, 3.63) is 0 Å². The van der Waals surface area contributed by atoms with Gasteiger partial charge in [0.1, 0.15) is 0 Å². The molecule has 2 heterocycles. The molecule has 0 unspecified atom stereocenters. The minimum absolute atomic E-state index is 0. The van der Waals surface area contributed by atoms with E-state index in [0.717, 1.165) is 25.9 Å². The highest BCUT2D eigenvalue weighted by Gasteiger charge is 2.25. The van der Waals surface area contributed by atoms with Crippen molar-refractivity contribution in [2.45, 2.75) is 25.7 Å². The summed E-state index contributed by atoms with van der Waals surface area (Å²) in [5.74, 6) is 0.425. The molecule has 0 spiro atoms. The number of nitrogens with two attached hydrogens (primary N) is 1. The van der Waals surface area contributed by atoms with E-state index < -0.39 is 0 Å². The number of carbonyl (C=O) groups is 2. The molecule has 20 heavy (non-hydrogen) atoms. The standard InChI is InChI=1S/C12H22N4O2.2ClH/c13-5-8-14(9-15-6-1-3-11(15)17)10-16-7-2-4-12(16)18;;/h1-10,13H2;2*1H. The van der Waals surface area contributed by atoms with Crippen LogP contribution in [0.15, 0.2) is 0 Å². The van der Waals surface area contributed by atoms with Crippen molar-refractivity contribution in [1.82, 2.24) is 14.7 Å². The maximum Gasteiger partial charge on any atom is 0.223 e. The van der Waals surface area contributed by atoms with Gasteiger partial charge in [-0.25, -0.2) is 0 Å². The quantitative estimate of drug-likeness (QED) is 0.759. The number of rotatable bonds is 6. The lowest BCUT2D eigenvalue weighted by Gasteiger charge is -2.30. The smallest absolute Gasteiger partial charge is 0.223 e. The van der Waals surface area contributed by atoms with Gasteiger partial charge in [-0.3, -0.25) is 14.5 Å². The van der Waals surface area contributed by atoms with Crippen molar-refractivity contribution < 1.29 is 9.59 Å². The second-order valence-electron chi connectivity index (χ2n) is 4.99. The van der Waals surface area contributed by atoms with Gasteiger partial charge in [0.2, 0.25) is 11.8 Å². The molecule has 2 fully saturated rings. The molecule has 8 heteroatoms. The normalized spacial score (nSPS) is 18.5. The van der Waals surface area contributed by atoms with Crippen LogP contribution >= 0.6 is 24.8 Å². The average molecular weight is 327 g/mol. The van der Waals surface area contributed by atoms with Crippen LogP contribution in [-0.2, 0) is 9.59 Å². The third-order valence-corrected chi connectivity index (χ3v) is 3.53. The van der Waals surface area contributed by atoms with Crippen LogP contribution in [-0.4, -0.2) is 66.0 Å². The van der Waals surface area contributed by atoms with Gasteiger partial charge < -0.3 is 15.5 Å². The van der Waals surface area contributed by atoms with E-state index in [2.05, 4.69) is 4.90 Å². The van der Waals surface area contributed by atoms with Gasteiger partial charge in [0.15, 0.2) is 0 Å². The molecule has 0 saturated carbocycles. The third kappa shape index (κ3) is 5.09. The summed E-state index contributed by atoms with van der Waals surface area (Å²) in [6.07, 6.45) is 3.19. The number of carbonyl (C=O) groups excluding carboxylic acids is 2. The molecule has 2 aliphatic heterocycles. The Hall–Kier alpha value is -0.560. The topological polar surface area (TPSA) is 69.9 Å². The molecule has 0 aromatic heterocycles. The molecule has 0 bridgehead atoms. The fraction of sp³-hybridized carbons (Fsp3) is 0.833. The van der Waals surface area contributed by atoms with Crippen LogP contribution in [0.25, 0.3) is 0 Å². The predicted octanol–water partition coefficient (Wildman–Crippen LogP) is 0.250. The summed E-state index contributed by atoms with van der Waals surface area (Å²) >= 11 is 0. The van der Waals surface area contributed by atoms with Gasteiger partial charge in [0.05, 0.1) is 13.3 Å². The summed E-state index contributed by atoms with van der Waals surface area (Å²) in [5.41, 5.74) is 5.60. The van der Waals surface area contributed by atoms with E-state index in [1.165, 1.54) is 0 Å². The van der Waals surface area contributed by atoms with Crippen LogP contribution in [0.5, 0.6) is 0 Å². The first-order valence-electron chi connectivity index (χ1n) is 6.68. The van der Waals surface area contributed by atoms with E-state index >= 15 is 0 Å². The molecule has 0 atom stereocenters. The Bertz CT molecular complexity index is 303. The summed E-state index contributed by atoms with van der Waals surface area (Å²) < 4.78 is 0. The number of nitrogens with zero attached hydrogens (tertiary/aromatic N) is 3. The van der Waals surface area contributed by atoms with Crippen LogP contribution in [0.2, 0.25) is 0 Å².